The Kier molecular flexibility index (Phi) is 6.95. The highest BCUT2D eigenvalue weighted by Crippen LogP contribution is 2.22. The van der Waals surface area contributed by atoms with E-state index in [-0.39, 0.29) is 6.03 Å². The van der Waals surface area contributed by atoms with Gasteiger partial charge in [-0.1, -0.05) is 17.7 Å². The van der Waals surface area contributed by atoms with Crippen LogP contribution in [0.5, 0.6) is 5.75 Å². The summed E-state index contributed by atoms with van der Waals surface area (Å²) in [4.78, 5) is 16.2. The fourth-order valence-electron chi connectivity index (χ4n) is 2.39. The molecule has 0 radical (unpaired) electrons. The number of carbonyl (C=O) groups is 1. The maximum Gasteiger partial charge on any atom is 0.317 e. The van der Waals surface area contributed by atoms with Crippen molar-refractivity contribution in [2.75, 3.05) is 53.6 Å². The van der Waals surface area contributed by atoms with Gasteiger partial charge >= 0.3 is 6.03 Å². The molecule has 128 valence electrons. The first-order valence-electron chi connectivity index (χ1n) is 7.71. The topological polar surface area (TPSA) is 54.0 Å². The van der Waals surface area contributed by atoms with Crippen molar-refractivity contribution < 1.29 is 14.3 Å². The average Bonchev–Trinajstić information content (AvgIpc) is 2.59. The smallest absolute Gasteiger partial charge is 0.317 e. The molecule has 1 fully saturated rings. The van der Waals surface area contributed by atoms with Crippen LogP contribution in [0.1, 0.15) is 5.56 Å². The lowest BCUT2D eigenvalue weighted by Gasteiger charge is -2.28. The Morgan fingerprint density at radius 3 is 2.87 bits per heavy atom. The number of halogens is 1. The van der Waals surface area contributed by atoms with E-state index in [9.17, 15) is 4.79 Å². The second-order valence-electron chi connectivity index (χ2n) is 5.49. The predicted octanol–water partition coefficient (Wildman–Crippen LogP) is 1.82. The van der Waals surface area contributed by atoms with Gasteiger partial charge in [0.15, 0.2) is 0 Å². The minimum absolute atomic E-state index is 0.102. The number of methoxy groups -OCH3 is 1. The zero-order valence-electron chi connectivity index (χ0n) is 13.7. The van der Waals surface area contributed by atoms with Crippen molar-refractivity contribution in [2.45, 2.75) is 6.54 Å². The van der Waals surface area contributed by atoms with Crippen molar-refractivity contribution in [1.82, 2.24) is 15.1 Å². The molecule has 0 bridgehead atoms. The van der Waals surface area contributed by atoms with E-state index in [1.165, 1.54) is 0 Å². The highest BCUT2D eigenvalue weighted by atomic mass is 35.5. The van der Waals surface area contributed by atoms with Crippen LogP contribution in [0.25, 0.3) is 0 Å². The number of nitrogens with zero attached hydrogens (tertiary/aromatic N) is 2. The van der Waals surface area contributed by atoms with Gasteiger partial charge in [0.05, 0.1) is 20.3 Å². The molecule has 0 aromatic heterocycles. The number of carbonyl (C=O) groups excluding carboxylic acids is 1. The third-order valence-electron chi connectivity index (χ3n) is 3.88. The lowest BCUT2D eigenvalue weighted by molar-refractivity contribution is 0.0357. The molecule has 1 saturated heterocycles. The average molecular weight is 342 g/mol. The number of nitrogens with one attached hydrogen (secondary N) is 1. The molecule has 0 spiro atoms. The standard InChI is InChI=1S/C16H24ClN3O3/c1-19(5-6-20-7-9-23-10-8-20)16(21)18-12-13-3-4-14(17)11-15(13)22-2/h3-4,11H,5-10,12H2,1-2H3,(H,18,21). The normalized spacial score (nSPS) is 15.3. The first kappa shape index (κ1) is 17.8. The summed E-state index contributed by atoms with van der Waals surface area (Å²) in [5, 5.41) is 3.51. The van der Waals surface area contributed by atoms with Crippen molar-refractivity contribution in [1.29, 1.82) is 0 Å². The van der Waals surface area contributed by atoms with Gasteiger partial charge in [-0.2, -0.15) is 0 Å². The van der Waals surface area contributed by atoms with Crippen LogP contribution in [0.2, 0.25) is 5.02 Å². The number of benzene rings is 1. The van der Waals surface area contributed by atoms with Gasteiger partial charge in [0.2, 0.25) is 0 Å². The predicted molar refractivity (Wildman–Crippen MR) is 90.1 cm³/mol. The van der Waals surface area contributed by atoms with Crippen LogP contribution in [-0.2, 0) is 11.3 Å². The van der Waals surface area contributed by atoms with Gasteiger partial charge in [0, 0.05) is 50.4 Å². The molecule has 23 heavy (non-hydrogen) atoms. The van der Waals surface area contributed by atoms with Crippen LogP contribution in [-0.4, -0.2) is 69.4 Å². The SMILES string of the molecule is COc1cc(Cl)ccc1CNC(=O)N(C)CCN1CCOCC1. The van der Waals surface area contributed by atoms with Gasteiger partial charge in [-0.05, 0) is 12.1 Å². The number of hydrogen-bond acceptors (Lipinski definition) is 4. The van der Waals surface area contributed by atoms with E-state index in [1.807, 2.05) is 6.07 Å². The number of hydrogen-bond donors (Lipinski definition) is 1. The summed E-state index contributed by atoms with van der Waals surface area (Å²) >= 11 is 5.93. The van der Waals surface area contributed by atoms with Crippen LogP contribution in [0, 0.1) is 0 Å². The summed E-state index contributed by atoms with van der Waals surface area (Å²) in [7, 11) is 3.39. The fourth-order valence-corrected chi connectivity index (χ4v) is 2.55. The number of urea groups is 1. The molecule has 1 N–H and O–H groups in total. The maximum absolute atomic E-state index is 12.2. The van der Waals surface area contributed by atoms with Crippen LogP contribution >= 0.6 is 11.6 Å². The molecule has 1 aliphatic heterocycles. The molecule has 0 unspecified atom stereocenters. The zero-order chi connectivity index (χ0) is 16.7. The molecule has 1 aromatic carbocycles. The van der Waals surface area contributed by atoms with E-state index >= 15 is 0 Å². The van der Waals surface area contributed by atoms with Gasteiger partial charge in [0.25, 0.3) is 0 Å². The summed E-state index contributed by atoms with van der Waals surface area (Å²) < 4.78 is 10.6. The van der Waals surface area contributed by atoms with Crippen LogP contribution in [0.4, 0.5) is 4.79 Å². The Morgan fingerprint density at radius 1 is 1.43 bits per heavy atom. The van der Waals surface area contributed by atoms with Gasteiger partial charge < -0.3 is 19.7 Å². The first-order chi connectivity index (χ1) is 11.1. The molecule has 1 aliphatic rings. The van der Waals surface area contributed by atoms with E-state index < -0.39 is 0 Å². The van der Waals surface area contributed by atoms with Crippen LogP contribution in [0.15, 0.2) is 18.2 Å². The van der Waals surface area contributed by atoms with Crippen molar-refractivity contribution in [2.24, 2.45) is 0 Å². The minimum atomic E-state index is -0.102. The number of morpholine rings is 1. The molecule has 0 atom stereocenters. The molecule has 1 aromatic rings. The molecule has 0 aliphatic carbocycles. The minimum Gasteiger partial charge on any atom is -0.496 e. The summed E-state index contributed by atoms with van der Waals surface area (Å²) in [5.41, 5.74) is 0.895. The van der Waals surface area contributed by atoms with E-state index in [0.717, 1.165) is 38.4 Å². The lowest BCUT2D eigenvalue weighted by atomic mass is 10.2. The lowest BCUT2D eigenvalue weighted by Crippen LogP contribution is -2.44. The first-order valence-corrected chi connectivity index (χ1v) is 8.09. The zero-order valence-corrected chi connectivity index (χ0v) is 14.4. The number of amides is 2. The Balaban J connectivity index is 1.77. The number of ether oxygens (including phenoxy) is 2. The molecule has 2 rings (SSSR count). The highest BCUT2D eigenvalue weighted by molar-refractivity contribution is 6.30. The molecule has 0 saturated carbocycles. The van der Waals surface area contributed by atoms with Crippen molar-refractivity contribution >= 4 is 17.6 Å². The van der Waals surface area contributed by atoms with Crippen LogP contribution in [0.3, 0.4) is 0 Å². The summed E-state index contributed by atoms with van der Waals surface area (Å²) in [5.74, 6) is 0.675. The Labute approximate surface area is 142 Å². The third-order valence-corrected chi connectivity index (χ3v) is 4.12. The highest BCUT2D eigenvalue weighted by Gasteiger charge is 2.14. The second-order valence-corrected chi connectivity index (χ2v) is 5.93. The van der Waals surface area contributed by atoms with Crippen molar-refractivity contribution in [3.05, 3.63) is 28.8 Å². The van der Waals surface area contributed by atoms with Crippen LogP contribution < -0.4 is 10.1 Å². The molecule has 1 heterocycles. The quantitative estimate of drug-likeness (QED) is 0.857. The van der Waals surface area contributed by atoms with E-state index in [0.29, 0.717) is 23.9 Å². The van der Waals surface area contributed by atoms with Gasteiger partial charge in [-0.15, -0.1) is 0 Å². The third kappa shape index (κ3) is 5.57. The summed E-state index contributed by atoms with van der Waals surface area (Å²) in [6.07, 6.45) is 0. The Bertz CT molecular complexity index is 521. The van der Waals surface area contributed by atoms with E-state index in [1.54, 1.807) is 31.2 Å². The van der Waals surface area contributed by atoms with Gasteiger partial charge in [-0.3, -0.25) is 4.90 Å². The van der Waals surface area contributed by atoms with E-state index in [4.69, 9.17) is 21.1 Å². The van der Waals surface area contributed by atoms with Crippen molar-refractivity contribution in [3.8, 4) is 5.75 Å². The van der Waals surface area contributed by atoms with Gasteiger partial charge in [-0.25, -0.2) is 4.79 Å². The van der Waals surface area contributed by atoms with Gasteiger partial charge in [0.1, 0.15) is 5.75 Å². The maximum atomic E-state index is 12.2. The summed E-state index contributed by atoms with van der Waals surface area (Å²) in [6, 6.07) is 5.28. The second kappa shape index (κ2) is 8.96. The molecule has 7 heteroatoms. The molecule has 2 amide bonds. The number of likely N-dealkylation sites (N-methyl/N-ethyl adjacent to an activating group) is 1. The largest absolute Gasteiger partial charge is 0.496 e. The fraction of sp³-hybridized carbons (Fsp3) is 0.562. The Hall–Kier alpha value is -1.50. The molecular weight excluding hydrogens is 318 g/mol. The van der Waals surface area contributed by atoms with E-state index in [2.05, 4.69) is 10.2 Å². The molecular formula is C16H24ClN3O3. The Morgan fingerprint density at radius 2 is 2.17 bits per heavy atom. The summed E-state index contributed by atoms with van der Waals surface area (Å²) in [6.45, 7) is 5.34. The monoisotopic (exact) mass is 341 g/mol. The molecule has 6 nitrogen and oxygen atoms in total. The van der Waals surface area contributed by atoms with Crippen molar-refractivity contribution in [3.63, 3.8) is 0 Å². The number of rotatable bonds is 6.